The molecule has 4 rings (SSSR count). The second-order valence-corrected chi connectivity index (χ2v) is 7.02. The summed E-state index contributed by atoms with van der Waals surface area (Å²) in [4.78, 5) is 6.98. The lowest BCUT2D eigenvalue weighted by molar-refractivity contribution is 0.0951. The van der Waals surface area contributed by atoms with Crippen molar-refractivity contribution in [2.75, 3.05) is 19.6 Å². The molecule has 0 amide bonds. The lowest BCUT2D eigenvalue weighted by Gasteiger charge is -2.32. The third-order valence-corrected chi connectivity index (χ3v) is 5.14. The summed E-state index contributed by atoms with van der Waals surface area (Å²) in [7, 11) is 0. The Morgan fingerprint density at radius 2 is 1.84 bits per heavy atom. The van der Waals surface area contributed by atoms with Crippen LogP contribution < -0.4 is 0 Å². The normalized spacial score (nSPS) is 17.8. The number of aliphatic hydroxyl groups is 1. The summed E-state index contributed by atoms with van der Waals surface area (Å²) in [6.07, 6.45) is 1.61. The fourth-order valence-electron chi connectivity index (χ4n) is 3.57. The third-order valence-electron chi connectivity index (χ3n) is 5.14. The van der Waals surface area contributed by atoms with Crippen molar-refractivity contribution in [3.63, 3.8) is 0 Å². The van der Waals surface area contributed by atoms with Crippen molar-refractivity contribution in [3.8, 4) is 0 Å². The summed E-state index contributed by atoms with van der Waals surface area (Å²) in [5, 5.41) is 10.5. The van der Waals surface area contributed by atoms with Gasteiger partial charge < -0.3 is 14.4 Å². The molecule has 1 aliphatic heterocycles. The molecular weight excluding hydrogens is 312 g/mol. The number of oxazole rings is 1. The van der Waals surface area contributed by atoms with Crippen LogP contribution in [0, 0.1) is 6.92 Å². The van der Waals surface area contributed by atoms with E-state index in [1.165, 1.54) is 5.56 Å². The Balaban J connectivity index is 1.35. The fourth-order valence-corrected chi connectivity index (χ4v) is 3.57. The van der Waals surface area contributed by atoms with Gasteiger partial charge in [-0.05, 0) is 50.6 Å². The van der Waals surface area contributed by atoms with Crippen LogP contribution in [0.15, 0.2) is 52.9 Å². The van der Waals surface area contributed by atoms with Gasteiger partial charge in [0.1, 0.15) is 5.52 Å². The number of β-amino-alcohol motifs (C(OH)–C–C–N with tert-alkyl or cyclic N) is 1. The zero-order valence-electron chi connectivity index (χ0n) is 14.6. The Labute approximate surface area is 148 Å². The molecule has 1 unspecified atom stereocenters. The van der Waals surface area contributed by atoms with Crippen LogP contribution in [-0.2, 0) is 0 Å². The van der Waals surface area contributed by atoms with Crippen LogP contribution in [0.4, 0.5) is 0 Å². The molecule has 0 saturated carbocycles. The SMILES string of the molecule is Cc1ccc(C(O)CN2CCC(c3nc4ccccc4o3)CC2)cc1. The summed E-state index contributed by atoms with van der Waals surface area (Å²) in [5.41, 5.74) is 4.02. The highest BCUT2D eigenvalue weighted by Gasteiger charge is 2.25. The maximum Gasteiger partial charge on any atom is 0.198 e. The summed E-state index contributed by atoms with van der Waals surface area (Å²) in [5.74, 6) is 1.24. The molecule has 0 bridgehead atoms. The number of piperidine rings is 1. The number of rotatable bonds is 4. The largest absolute Gasteiger partial charge is 0.440 e. The summed E-state index contributed by atoms with van der Waals surface area (Å²) >= 11 is 0. The molecule has 25 heavy (non-hydrogen) atoms. The number of benzene rings is 2. The lowest BCUT2D eigenvalue weighted by Crippen LogP contribution is -2.36. The van der Waals surface area contributed by atoms with Gasteiger partial charge in [-0.25, -0.2) is 4.98 Å². The molecule has 4 nitrogen and oxygen atoms in total. The molecule has 0 radical (unpaired) electrons. The second kappa shape index (κ2) is 6.98. The van der Waals surface area contributed by atoms with E-state index in [9.17, 15) is 5.11 Å². The molecule has 3 aromatic rings. The van der Waals surface area contributed by atoms with Crippen LogP contribution in [-0.4, -0.2) is 34.6 Å². The van der Waals surface area contributed by atoms with Crippen molar-refractivity contribution >= 4 is 11.1 Å². The minimum absolute atomic E-state index is 0.375. The molecule has 2 aromatic carbocycles. The predicted octanol–water partition coefficient (Wildman–Crippen LogP) is 4.05. The molecule has 1 fully saturated rings. The van der Waals surface area contributed by atoms with Crippen molar-refractivity contribution < 1.29 is 9.52 Å². The standard InChI is InChI=1S/C21H24N2O2/c1-15-6-8-16(9-7-15)19(24)14-23-12-10-17(11-13-23)21-22-18-4-2-3-5-20(18)25-21/h2-9,17,19,24H,10-14H2,1H3. The van der Waals surface area contributed by atoms with Crippen LogP contribution in [0.3, 0.4) is 0 Å². The van der Waals surface area contributed by atoms with E-state index < -0.39 is 6.10 Å². The van der Waals surface area contributed by atoms with E-state index >= 15 is 0 Å². The number of aryl methyl sites for hydroxylation is 1. The molecule has 1 N–H and O–H groups in total. The number of aliphatic hydroxyl groups excluding tert-OH is 1. The summed E-state index contributed by atoms with van der Waals surface area (Å²) in [6.45, 7) is 4.68. The number of para-hydroxylation sites is 2. The first-order chi connectivity index (χ1) is 12.2. The lowest BCUT2D eigenvalue weighted by atomic mass is 9.96. The van der Waals surface area contributed by atoms with Crippen LogP contribution >= 0.6 is 0 Å². The topological polar surface area (TPSA) is 49.5 Å². The highest BCUT2D eigenvalue weighted by molar-refractivity contribution is 5.72. The van der Waals surface area contributed by atoms with Gasteiger partial charge in [0, 0.05) is 12.5 Å². The first-order valence-corrected chi connectivity index (χ1v) is 9.01. The minimum atomic E-state index is -0.429. The second-order valence-electron chi connectivity index (χ2n) is 7.02. The first kappa shape index (κ1) is 16.3. The molecule has 1 saturated heterocycles. The zero-order valence-corrected chi connectivity index (χ0v) is 14.6. The number of nitrogens with zero attached hydrogens (tertiary/aromatic N) is 2. The Morgan fingerprint density at radius 1 is 1.12 bits per heavy atom. The predicted molar refractivity (Wildman–Crippen MR) is 98.6 cm³/mol. The van der Waals surface area contributed by atoms with Gasteiger partial charge in [0.05, 0.1) is 6.10 Å². The Bertz CT molecular complexity index is 799. The fraction of sp³-hybridized carbons (Fsp3) is 0.381. The van der Waals surface area contributed by atoms with Crippen molar-refractivity contribution in [3.05, 3.63) is 65.5 Å². The molecular formula is C21H24N2O2. The average Bonchev–Trinajstić information content (AvgIpc) is 3.07. The van der Waals surface area contributed by atoms with Gasteiger partial charge in [0.2, 0.25) is 0 Å². The van der Waals surface area contributed by atoms with E-state index in [1.807, 2.05) is 36.4 Å². The van der Waals surface area contributed by atoms with E-state index in [0.717, 1.165) is 48.5 Å². The van der Waals surface area contributed by atoms with Crippen LogP contribution in [0.1, 0.15) is 41.9 Å². The monoisotopic (exact) mass is 336 g/mol. The first-order valence-electron chi connectivity index (χ1n) is 9.01. The van der Waals surface area contributed by atoms with E-state index in [4.69, 9.17) is 4.42 Å². The maximum atomic E-state index is 10.5. The number of fused-ring (bicyclic) bond motifs is 1. The van der Waals surface area contributed by atoms with Crippen LogP contribution in [0.2, 0.25) is 0 Å². The smallest absolute Gasteiger partial charge is 0.198 e. The number of hydrogen-bond donors (Lipinski definition) is 1. The third kappa shape index (κ3) is 3.60. The Kier molecular flexibility index (Phi) is 4.55. The van der Waals surface area contributed by atoms with Crippen molar-refractivity contribution in [1.82, 2.24) is 9.88 Å². The van der Waals surface area contributed by atoms with Gasteiger partial charge in [0.15, 0.2) is 11.5 Å². The van der Waals surface area contributed by atoms with E-state index in [0.29, 0.717) is 12.5 Å². The van der Waals surface area contributed by atoms with Gasteiger partial charge in [0.25, 0.3) is 0 Å². The highest BCUT2D eigenvalue weighted by Crippen LogP contribution is 2.30. The van der Waals surface area contributed by atoms with E-state index in [-0.39, 0.29) is 0 Å². The van der Waals surface area contributed by atoms with E-state index in [2.05, 4.69) is 28.9 Å². The molecule has 1 atom stereocenters. The molecule has 130 valence electrons. The minimum Gasteiger partial charge on any atom is -0.440 e. The van der Waals surface area contributed by atoms with Crippen LogP contribution in [0.5, 0.6) is 0 Å². The van der Waals surface area contributed by atoms with Gasteiger partial charge in [-0.15, -0.1) is 0 Å². The van der Waals surface area contributed by atoms with Crippen molar-refractivity contribution in [2.45, 2.75) is 31.8 Å². The van der Waals surface area contributed by atoms with E-state index in [1.54, 1.807) is 0 Å². The van der Waals surface area contributed by atoms with Gasteiger partial charge in [-0.1, -0.05) is 42.0 Å². The molecule has 0 aliphatic carbocycles. The highest BCUT2D eigenvalue weighted by atomic mass is 16.3. The zero-order chi connectivity index (χ0) is 17.2. The van der Waals surface area contributed by atoms with Gasteiger partial charge in [-0.2, -0.15) is 0 Å². The quantitative estimate of drug-likeness (QED) is 0.781. The number of aromatic nitrogens is 1. The number of hydrogen-bond acceptors (Lipinski definition) is 4. The van der Waals surface area contributed by atoms with Gasteiger partial charge in [-0.3, -0.25) is 0 Å². The summed E-state index contributed by atoms with van der Waals surface area (Å²) < 4.78 is 5.93. The average molecular weight is 336 g/mol. The summed E-state index contributed by atoms with van der Waals surface area (Å²) in [6, 6.07) is 16.1. The van der Waals surface area contributed by atoms with Gasteiger partial charge >= 0.3 is 0 Å². The Morgan fingerprint density at radius 3 is 2.56 bits per heavy atom. The van der Waals surface area contributed by atoms with Crippen molar-refractivity contribution in [1.29, 1.82) is 0 Å². The molecule has 1 aromatic heterocycles. The molecule has 4 heteroatoms. The molecule has 0 spiro atoms. The Hall–Kier alpha value is -2.17. The number of likely N-dealkylation sites (tertiary alicyclic amines) is 1. The molecule has 2 heterocycles. The van der Waals surface area contributed by atoms with Crippen molar-refractivity contribution in [2.24, 2.45) is 0 Å². The maximum absolute atomic E-state index is 10.5. The van der Waals surface area contributed by atoms with Crippen LogP contribution in [0.25, 0.3) is 11.1 Å². The molecule has 1 aliphatic rings.